The smallest absolute Gasteiger partial charge is 0.0160 e. The first-order valence-electron chi connectivity index (χ1n) is 8.88. The van der Waals surface area contributed by atoms with Crippen LogP contribution < -0.4 is 0 Å². The number of fused-ring (bicyclic) bond motifs is 3. The van der Waals surface area contributed by atoms with Gasteiger partial charge in [0.15, 0.2) is 0 Å². The number of hydrogen-bond donors (Lipinski definition) is 1. The van der Waals surface area contributed by atoms with E-state index >= 15 is 0 Å². The van der Waals surface area contributed by atoms with Gasteiger partial charge < -0.3 is 0 Å². The van der Waals surface area contributed by atoms with E-state index in [0.717, 1.165) is 5.75 Å². The topological polar surface area (TPSA) is 0 Å². The minimum Gasteiger partial charge on any atom is -0.175 e. The van der Waals surface area contributed by atoms with Crippen LogP contribution >= 0.6 is 12.6 Å². The summed E-state index contributed by atoms with van der Waals surface area (Å²) in [7, 11) is 0. The lowest BCUT2D eigenvalue weighted by molar-refractivity contribution is 1.43. The molecule has 0 unspecified atom stereocenters. The average molecular weight is 350 g/mol. The Bertz CT molecular complexity index is 1260. The summed E-state index contributed by atoms with van der Waals surface area (Å²) in [6.45, 7) is 0. The van der Waals surface area contributed by atoms with Crippen molar-refractivity contribution in [2.45, 2.75) is 5.75 Å². The molecule has 5 aromatic rings. The van der Waals surface area contributed by atoms with E-state index in [4.69, 9.17) is 0 Å². The molecular weight excluding hydrogens is 332 g/mol. The van der Waals surface area contributed by atoms with Crippen molar-refractivity contribution < 1.29 is 0 Å². The van der Waals surface area contributed by atoms with Gasteiger partial charge in [0.25, 0.3) is 0 Å². The Labute approximate surface area is 158 Å². The fourth-order valence-corrected chi connectivity index (χ4v) is 4.22. The van der Waals surface area contributed by atoms with E-state index < -0.39 is 0 Å². The van der Waals surface area contributed by atoms with Gasteiger partial charge in [-0.3, -0.25) is 0 Å². The van der Waals surface area contributed by atoms with E-state index in [1.807, 2.05) is 0 Å². The second-order valence-electron chi connectivity index (χ2n) is 6.71. The van der Waals surface area contributed by atoms with Gasteiger partial charge in [-0.25, -0.2) is 0 Å². The molecule has 0 radical (unpaired) electrons. The van der Waals surface area contributed by atoms with Gasteiger partial charge in [0.2, 0.25) is 0 Å². The maximum Gasteiger partial charge on any atom is 0.0160 e. The standard InChI is InChI=1S/C25H18S/c26-16-20-10-4-6-12-23(20)25-22-11-5-3-9-19(22)14-21-13-17-7-1-2-8-18(17)15-24(21)25/h1-15,26H,16H2. The lowest BCUT2D eigenvalue weighted by atomic mass is 9.89. The summed E-state index contributed by atoms with van der Waals surface area (Å²) in [6.07, 6.45) is 0. The molecule has 0 saturated heterocycles. The first-order chi connectivity index (χ1) is 12.8. The monoisotopic (exact) mass is 350 g/mol. The average Bonchev–Trinajstić information content (AvgIpc) is 2.70. The molecule has 1 heteroatoms. The van der Waals surface area contributed by atoms with Crippen LogP contribution in [-0.2, 0) is 5.75 Å². The maximum atomic E-state index is 4.58. The molecule has 0 spiro atoms. The van der Waals surface area contributed by atoms with Crippen LogP contribution in [0.25, 0.3) is 43.4 Å². The summed E-state index contributed by atoms with van der Waals surface area (Å²) in [5.41, 5.74) is 3.86. The van der Waals surface area contributed by atoms with Gasteiger partial charge in [-0.05, 0) is 67.2 Å². The second kappa shape index (κ2) is 6.19. The van der Waals surface area contributed by atoms with Crippen molar-refractivity contribution in [3.8, 4) is 11.1 Å². The van der Waals surface area contributed by atoms with Gasteiger partial charge in [0, 0.05) is 5.75 Å². The first-order valence-corrected chi connectivity index (χ1v) is 9.52. The molecule has 124 valence electrons. The number of hydrogen-bond acceptors (Lipinski definition) is 1. The van der Waals surface area contributed by atoms with Crippen LogP contribution in [0.15, 0.2) is 91.0 Å². The van der Waals surface area contributed by atoms with Crippen molar-refractivity contribution >= 4 is 44.9 Å². The third-order valence-electron chi connectivity index (χ3n) is 5.19. The van der Waals surface area contributed by atoms with Crippen molar-refractivity contribution in [1.29, 1.82) is 0 Å². The molecule has 5 rings (SSSR count). The van der Waals surface area contributed by atoms with Crippen molar-refractivity contribution in [2.24, 2.45) is 0 Å². The molecule has 0 bridgehead atoms. The largest absolute Gasteiger partial charge is 0.175 e. The molecule has 0 fully saturated rings. The van der Waals surface area contributed by atoms with Crippen LogP contribution in [0.4, 0.5) is 0 Å². The molecule has 0 atom stereocenters. The van der Waals surface area contributed by atoms with E-state index in [1.165, 1.54) is 49.0 Å². The molecule has 0 aliphatic rings. The molecule has 0 N–H and O–H groups in total. The van der Waals surface area contributed by atoms with Gasteiger partial charge in [0.1, 0.15) is 0 Å². The number of rotatable bonds is 2. The third-order valence-corrected chi connectivity index (χ3v) is 5.53. The van der Waals surface area contributed by atoms with Gasteiger partial charge in [-0.2, -0.15) is 12.6 Å². The number of thiol groups is 1. The Morgan fingerprint density at radius 3 is 1.96 bits per heavy atom. The highest BCUT2D eigenvalue weighted by Crippen LogP contribution is 2.39. The fourth-order valence-electron chi connectivity index (χ4n) is 3.95. The predicted molar refractivity (Wildman–Crippen MR) is 117 cm³/mol. The quantitative estimate of drug-likeness (QED) is 0.252. The summed E-state index contributed by atoms with van der Waals surface area (Å²) in [5.74, 6) is 0.731. The van der Waals surface area contributed by atoms with E-state index in [-0.39, 0.29) is 0 Å². The third kappa shape index (κ3) is 2.40. The summed E-state index contributed by atoms with van der Waals surface area (Å²) in [4.78, 5) is 0. The zero-order valence-corrected chi connectivity index (χ0v) is 15.2. The van der Waals surface area contributed by atoms with Crippen LogP contribution in [0.2, 0.25) is 0 Å². The molecular formula is C25H18S. The van der Waals surface area contributed by atoms with Crippen molar-refractivity contribution in [1.82, 2.24) is 0 Å². The molecule has 0 aliphatic heterocycles. The molecule has 0 aliphatic carbocycles. The maximum absolute atomic E-state index is 4.58. The van der Waals surface area contributed by atoms with Crippen LogP contribution in [-0.4, -0.2) is 0 Å². The summed E-state index contributed by atoms with van der Waals surface area (Å²) < 4.78 is 0. The lowest BCUT2D eigenvalue weighted by Crippen LogP contribution is -1.90. The summed E-state index contributed by atoms with van der Waals surface area (Å²) >= 11 is 4.58. The van der Waals surface area contributed by atoms with Gasteiger partial charge in [0.05, 0.1) is 0 Å². The van der Waals surface area contributed by atoms with E-state index in [9.17, 15) is 0 Å². The van der Waals surface area contributed by atoms with Crippen molar-refractivity contribution in [3.63, 3.8) is 0 Å². The highest BCUT2D eigenvalue weighted by atomic mass is 32.1. The van der Waals surface area contributed by atoms with Gasteiger partial charge in [-0.1, -0.05) is 72.8 Å². The Kier molecular flexibility index (Phi) is 3.69. The molecule has 26 heavy (non-hydrogen) atoms. The zero-order chi connectivity index (χ0) is 17.5. The summed E-state index contributed by atoms with van der Waals surface area (Å²) in [5, 5.41) is 7.72. The molecule has 5 aromatic carbocycles. The Balaban J connectivity index is 2.01. The lowest BCUT2D eigenvalue weighted by Gasteiger charge is -2.15. The SMILES string of the molecule is SCc1ccccc1-c1c2ccccc2cc2cc3ccccc3cc12. The van der Waals surface area contributed by atoms with Crippen molar-refractivity contribution in [2.75, 3.05) is 0 Å². The van der Waals surface area contributed by atoms with Crippen LogP contribution in [0, 0.1) is 0 Å². The molecule has 0 heterocycles. The van der Waals surface area contributed by atoms with E-state index in [2.05, 4.69) is 104 Å². The van der Waals surface area contributed by atoms with Crippen LogP contribution in [0.3, 0.4) is 0 Å². The normalized spacial score (nSPS) is 11.4. The Morgan fingerprint density at radius 1 is 0.538 bits per heavy atom. The highest BCUT2D eigenvalue weighted by molar-refractivity contribution is 7.79. The van der Waals surface area contributed by atoms with Gasteiger partial charge in [-0.15, -0.1) is 0 Å². The summed E-state index contributed by atoms with van der Waals surface area (Å²) in [6, 6.07) is 32.8. The minimum absolute atomic E-state index is 0.731. The molecule has 0 nitrogen and oxygen atoms in total. The van der Waals surface area contributed by atoms with Crippen molar-refractivity contribution in [3.05, 3.63) is 96.6 Å². The Hall–Kier alpha value is -2.77. The highest BCUT2D eigenvalue weighted by Gasteiger charge is 2.13. The van der Waals surface area contributed by atoms with Crippen LogP contribution in [0.1, 0.15) is 5.56 Å². The minimum atomic E-state index is 0.731. The van der Waals surface area contributed by atoms with E-state index in [1.54, 1.807) is 0 Å². The Morgan fingerprint density at radius 2 is 1.15 bits per heavy atom. The van der Waals surface area contributed by atoms with Gasteiger partial charge >= 0.3 is 0 Å². The second-order valence-corrected chi connectivity index (χ2v) is 7.02. The first kappa shape index (κ1) is 15.5. The van der Waals surface area contributed by atoms with E-state index in [0.29, 0.717) is 0 Å². The van der Waals surface area contributed by atoms with Crippen LogP contribution in [0.5, 0.6) is 0 Å². The molecule has 0 saturated carbocycles. The molecule has 0 amide bonds. The zero-order valence-electron chi connectivity index (χ0n) is 14.3. The number of benzene rings is 5. The predicted octanol–water partition coefficient (Wildman–Crippen LogP) is 7.24. The fraction of sp³-hybridized carbons (Fsp3) is 0.0400. The molecule has 0 aromatic heterocycles.